The number of unbranched alkanes of at least 4 members (excludes halogenated alkanes) is 1. The van der Waals surface area contributed by atoms with Crippen LogP contribution in [0.3, 0.4) is 0 Å². The molecule has 0 spiro atoms. The van der Waals surface area contributed by atoms with E-state index in [1.54, 1.807) is 7.11 Å². The standard InChI is InChI=1S/C23H27NO3/c1-26-19-9-10-21-17(14-19)11-13-24(16-22(21)25)12-5-4-7-20-15-18-6-2-3-8-23(18)27-20/h2-3,6,8-10,14-15,22,25H,4-5,7,11-13,16H2,1H3. The van der Waals surface area contributed by atoms with Crippen LogP contribution in [0.2, 0.25) is 0 Å². The maximum absolute atomic E-state index is 10.6. The SMILES string of the molecule is COc1ccc2c(c1)CCN(CCCCc1cc3ccccc3o1)CC2O. The molecule has 142 valence electrons. The van der Waals surface area contributed by atoms with E-state index in [-0.39, 0.29) is 0 Å². The van der Waals surface area contributed by atoms with Crippen LogP contribution in [0.4, 0.5) is 0 Å². The highest BCUT2D eigenvalue weighted by molar-refractivity contribution is 5.77. The molecule has 0 amide bonds. The summed E-state index contributed by atoms with van der Waals surface area (Å²) in [6.45, 7) is 2.67. The van der Waals surface area contributed by atoms with E-state index in [2.05, 4.69) is 23.1 Å². The normalized spacial score (nSPS) is 17.6. The first kappa shape index (κ1) is 18.1. The molecule has 0 saturated carbocycles. The fourth-order valence-corrected chi connectivity index (χ4v) is 3.96. The summed E-state index contributed by atoms with van der Waals surface area (Å²) >= 11 is 0. The molecule has 1 aliphatic rings. The molecule has 0 radical (unpaired) electrons. The molecule has 1 aliphatic heterocycles. The molecular formula is C23H27NO3. The Labute approximate surface area is 160 Å². The number of nitrogens with zero attached hydrogens (tertiary/aromatic N) is 1. The van der Waals surface area contributed by atoms with Gasteiger partial charge in [-0.15, -0.1) is 0 Å². The first-order valence-corrected chi connectivity index (χ1v) is 9.77. The molecule has 1 aromatic heterocycles. The second-order valence-electron chi connectivity index (χ2n) is 7.34. The Balaban J connectivity index is 1.29. The van der Waals surface area contributed by atoms with Crippen LogP contribution in [-0.4, -0.2) is 36.8 Å². The van der Waals surface area contributed by atoms with Crippen molar-refractivity contribution in [1.29, 1.82) is 0 Å². The minimum atomic E-state index is -0.427. The second kappa shape index (κ2) is 8.15. The minimum absolute atomic E-state index is 0.427. The lowest BCUT2D eigenvalue weighted by Crippen LogP contribution is -2.29. The lowest BCUT2D eigenvalue weighted by molar-refractivity contribution is 0.119. The monoisotopic (exact) mass is 365 g/mol. The number of hydrogen-bond donors (Lipinski definition) is 1. The van der Waals surface area contributed by atoms with Gasteiger partial charge in [-0.2, -0.15) is 0 Å². The Morgan fingerprint density at radius 3 is 2.89 bits per heavy atom. The summed E-state index contributed by atoms with van der Waals surface area (Å²) in [6, 6.07) is 16.3. The van der Waals surface area contributed by atoms with Gasteiger partial charge in [-0.3, -0.25) is 0 Å². The van der Waals surface area contributed by atoms with E-state index in [1.807, 2.05) is 30.3 Å². The Morgan fingerprint density at radius 1 is 1.15 bits per heavy atom. The highest BCUT2D eigenvalue weighted by Gasteiger charge is 2.21. The Bertz CT molecular complexity index is 869. The van der Waals surface area contributed by atoms with E-state index < -0.39 is 6.10 Å². The Hall–Kier alpha value is -2.30. The third-order valence-corrected chi connectivity index (χ3v) is 5.46. The fourth-order valence-electron chi connectivity index (χ4n) is 3.96. The van der Waals surface area contributed by atoms with E-state index >= 15 is 0 Å². The smallest absolute Gasteiger partial charge is 0.134 e. The molecule has 4 rings (SSSR count). The zero-order valence-electron chi connectivity index (χ0n) is 15.9. The number of aliphatic hydroxyl groups excluding tert-OH is 1. The number of aryl methyl sites for hydroxylation is 1. The molecule has 1 N–H and O–H groups in total. The highest BCUT2D eigenvalue weighted by atomic mass is 16.5. The fraction of sp³-hybridized carbons (Fsp3) is 0.391. The van der Waals surface area contributed by atoms with Crippen molar-refractivity contribution in [3.05, 3.63) is 65.4 Å². The molecule has 0 bridgehead atoms. The molecule has 3 aromatic rings. The van der Waals surface area contributed by atoms with E-state index in [1.165, 1.54) is 10.9 Å². The number of methoxy groups -OCH3 is 1. The van der Waals surface area contributed by atoms with E-state index in [4.69, 9.17) is 9.15 Å². The lowest BCUT2D eigenvalue weighted by atomic mass is 10.0. The van der Waals surface area contributed by atoms with Crippen molar-refractivity contribution >= 4 is 11.0 Å². The molecule has 4 heteroatoms. The van der Waals surface area contributed by atoms with Gasteiger partial charge in [-0.1, -0.05) is 24.3 Å². The first-order chi connectivity index (χ1) is 13.2. The zero-order valence-corrected chi connectivity index (χ0v) is 15.9. The Kier molecular flexibility index (Phi) is 5.46. The summed E-state index contributed by atoms with van der Waals surface area (Å²) in [4.78, 5) is 2.37. The van der Waals surface area contributed by atoms with Gasteiger partial charge in [0.05, 0.1) is 13.2 Å². The van der Waals surface area contributed by atoms with Gasteiger partial charge in [-0.25, -0.2) is 0 Å². The molecule has 2 heterocycles. The summed E-state index contributed by atoms with van der Waals surface area (Å²) in [5.74, 6) is 1.92. The number of furan rings is 1. The molecule has 27 heavy (non-hydrogen) atoms. The molecule has 1 unspecified atom stereocenters. The van der Waals surface area contributed by atoms with Crippen molar-refractivity contribution in [3.63, 3.8) is 0 Å². The van der Waals surface area contributed by atoms with Crippen LogP contribution < -0.4 is 4.74 Å². The van der Waals surface area contributed by atoms with Crippen LogP contribution in [-0.2, 0) is 12.8 Å². The van der Waals surface area contributed by atoms with Crippen molar-refractivity contribution in [1.82, 2.24) is 4.90 Å². The van der Waals surface area contributed by atoms with Crippen LogP contribution in [0.1, 0.15) is 35.8 Å². The summed E-state index contributed by atoms with van der Waals surface area (Å²) in [7, 11) is 1.68. The van der Waals surface area contributed by atoms with Gasteiger partial charge < -0.3 is 19.2 Å². The number of β-amino-alcohol motifs (C(OH)–C–C–N with tert-alkyl or cyclic N) is 1. The number of aliphatic hydroxyl groups is 1. The molecule has 0 saturated heterocycles. The van der Waals surface area contributed by atoms with E-state index in [0.29, 0.717) is 6.54 Å². The predicted molar refractivity (Wildman–Crippen MR) is 107 cm³/mol. The highest BCUT2D eigenvalue weighted by Crippen LogP contribution is 2.27. The summed E-state index contributed by atoms with van der Waals surface area (Å²) in [5.41, 5.74) is 3.21. The number of benzene rings is 2. The quantitative estimate of drug-likeness (QED) is 0.660. The van der Waals surface area contributed by atoms with Crippen LogP contribution in [0, 0.1) is 0 Å². The van der Waals surface area contributed by atoms with Gasteiger partial charge in [0.1, 0.15) is 17.1 Å². The maximum Gasteiger partial charge on any atom is 0.134 e. The topological polar surface area (TPSA) is 45.8 Å². The molecule has 0 fully saturated rings. The molecule has 1 atom stereocenters. The summed E-state index contributed by atoms with van der Waals surface area (Å²) < 4.78 is 11.2. The predicted octanol–water partition coefficient (Wildman–Crippen LogP) is 4.36. The zero-order chi connectivity index (χ0) is 18.6. The Morgan fingerprint density at radius 2 is 2.04 bits per heavy atom. The van der Waals surface area contributed by atoms with Gasteiger partial charge in [0.15, 0.2) is 0 Å². The van der Waals surface area contributed by atoms with Crippen LogP contribution in [0.15, 0.2) is 52.9 Å². The largest absolute Gasteiger partial charge is 0.497 e. The lowest BCUT2D eigenvalue weighted by Gasteiger charge is -2.21. The van der Waals surface area contributed by atoms with Gasteiger partial charge in [-0.05, 0) is 61.2 Å². The summed E-state index contributed by atoms with van der Waals surface area (Å²) in [5, 5.41) is 11.8. The van der Waals surface area contributed by atoms with Gasteiger partial charge in [0.2, 0.25) is 0 Å². The summed E-state index contributed by atoms with van der Waals surface area (Å²) in [6.07, 6.45) is 3.68. The number of rotatable bonds is 6. The van der Waals surface area contributed by atoms with Crippen molar-refractivity contribution < 1.29 is 14.3 Å². The van der Waals surface area contributed by atoms with E-state index in [0.717, 1.165) is 61.4 Å². The molecule has 4 nitrogen and oxygen atoms in total. The van der Waals surface area contributed by atoms with Crippen LogP contribution >= 0.6 is 0 Å². The van der Waals surface area contributed by atoms with Gasteiger partial charge in [0, 0.05) is 24.9 Å². The number of fused-ring (bicyclic) bond motifs is 2. The van der Waals surface area contributed by atoms with Crippen LogP contribution in [0.5, 0.6) is 5.75 Å². The molecule has 0 aliphatic carbocycles. The second-order valence-corrected chi connectivity index (χ2v) is 7.34. The first-order valence-electron chi connectivity index (χ1n) is 9.77. The number of ether oxygens (including phenoxy) is 1. The average molecular weight is 365 g/mol. The maximum atomic E-state index is 10.6. The van der Waals surface area contributed by atoms with Crippen LogP contribution in [0.25, 0.3) is 11.0 Å². The third kappa shape index (κ3) is 4.18. The van der Waals surface area contributed by atoms with Gasteiger partial charge in [0.25, 0.3) is 0 Å². The van der Waals surface area contributed by atoms with Crippen molar-refractivity contribution in [3.8, 4) is 5.75 Å². The van der Waals surface area contributed by atoms with Crippen molar-refractivity contribution in [2.45, 2.75) is 31.8 Å². The number of para-hydroxylation sites is 1. The average Bonchev–Trinajstić information content (AvgIpc) is 3.04. The van der Waals surface area contributed by atoms with Gasteiger partial charge >= 0.3 is 0 Å². The minimum Gasteiger partial charge on any atom is -0.497 e. The number of hydrogen-bond acceptors (Lipinski definition) is 4. The van der Waals surface area contributed by atoms with Crippen molar-refractivity contribution in [2.24, 2.45) is 0 Å². The van der Waals surface area contributed by atoms with E-state index in [9.17, 15) is 5.11 Å². The molecule has 2 aromatic carbocycles. The van der Waals surface area contributed by atoms with Crippen molar-refractivity contribution in [2.75, 3.05) is 26.7 Å². The molecular weight excluding hydrogens is 338 g/mol. The third-order valence-electron chi connectivity index (χ3n) is 5.46.